The highest BCUT2D eigenvalue weighted by molar-refractivity contribution is 7.80. The topological polar surface area (TPSA) is 114 Å². The number of esters is 1. The summed E-state index contributed by atoms with van der Waals surface area (Å²) >= 11 is 4.76. The Morgan fingerprint density at radius 3 is 2.76 bits per heavy atom. The van der Waals surface area contributed by atoms with Crippen molar-refractivity contribution in [3.8, 4) is 0 Å². The molecule has 8 nitrogen and oxygen atoms in total. The van der Waals surface area contributed by atoms with Crippen LogP contribution in [0.4, 0.5) is 0 Å². The second-order valence-electron chi connectivity index (χ2n) is 6.67. The fourth-order valence-electron chi connectivity index (χ4n) is 3.28. The number of nitrogens with zero attached hydrogens (tertiary/aromatic N) is 1. The van der Waals surface area contributed by atoms with E-state index in [9.17, 15) is 14.7 Å². The molecule has 4 N–H and O–H groups in total. The molecule has 2 rings (SSSR count). The Balaban J connectivity index is 1.96. The molecule has 25 heavy (non-hydrogen) atoms. The van der Waals surface area contributed by atoms with E-state index in [0.717, 1.165) is 6.42 Å². The van der Waals surface area contributed by atoms with Gasteiger partial charge in [0.15, 0.2) is 5.11 Å². The van der Waals surface area contributed by atoms with Gasteiger partial charge in [-0.3, -0.25) is 4.79 Å². The molecule has 0 aliphatic carbocycles. The maximum Gasteiger partial charge on any atom is 0.328 e. The lowest BCUT2D eigenvalue weighted by atomic mass is 10.0. The molecular weight excluding hydrogens is 346 g/mol. The summed E-state index contributed by atoms with van der Waals surface area (Å²) in [5, 5.41) is 12.4. The third-order valence-electron chi connectivity index (χ3n) is 4.83. The molecule has 5 atom stereocenters. The Morgan fingerprint density at radius 1 is 1.48 bits per heavy atom. The first-order valence-corrected chi connectivity index (χ1v) is 9.04. The zero-order valence-corrected chi connectivity index (χ0v) is 15.5. The summed E-state index contributed by atoms with van der Waals surface area (Å²) in [6, 6.07) is -1.62. The monoisotopic (exact) mass is 373 g/mol. The minimum absolute atomic E-state index is 0.0727. The zero-order chi connectivity index (χ0) is 18.6. The second kappa shape index (κ2) is 8.77. The van der Waals surface area contributed by atoms with E-state index < -0.39 is 30.1 Å². The summed E-state index contributed by atoms with van der Waals surface area (Å²) in [7, 11) is 0. The van der Waals surface area contributed by atoms with Gasteiger partial charge in [0.25, 0.3) is 0 Å². The SMILES string of the molecule is C[C@H](O)[C@@H](NC(N)=S)C(=O)N1CCC[C@H]1C(=O)OC[C@H]1CCO[C@H]1C. The van der Waals surface area contributed by atoms with Gasteiger partial charge in [-0.25, -0.2) is 4.79 Å². The van der Waals surface area contributed by atoms with Crippen molar-refractivity contribution < 1.29 is 24.2 Å². The standard InChI is InChI=1S/C16H27N3O5S/c1-9(20)13(18-16(17)25)14(21)19-6-3-4-12(19)15(22)24-8-11-5-7-23-10(11)2/h9-13,20H,3-8H2,1-2H3,(H3,17,18,25)/t9-,10-,11+,12-,13+/m0/s1. The molecule has 2 aliphatic heterocycles. The average Bonchev–Trinajstić information content (AvgIpc) is 3.18. The third-order valence-corrected chi connectivity index (χ3v) is 4.94. The number of carbonyl (C=O) groups is 2. The van der Waals surface area contributed by atoms with Gasteiger partial charge in [-0.15, -0.1) is 0 Å². The summed E-state index contributed by atoms with van der Waals surface area (Å²) in [6.45, 7) is 4.84. The Bertz CT molecular complexity index is 516. The molecular formula is C16H27N3O5S. The van der Waals surface area contributed by atoms with Crippen LogP contribution in [-0.4, -0.2) is 71.0 Å². The predicted molar refractivity (Wildman–Crippen MR) is 94.6 cm³/mol. The van der Waals surface area contributed by atoms with Crippen molar-refractivity contribution in [3.05, 3.63) is 0 Å². The van der Waals surface area contributed by atoms with Crippen molar-refractivity contribution in [2.24, 2.45) is 11.7 Å². The van der Waals surface area contributed by atoms with E-state index in [1.165, 1.54) is 11.8 Å². The molecule has 0 bridgehead atoms. The lowest BCUT2D eigenvalue weighted by Gasteiger charge is -2.29. The van der Waals surface area contributed by atoms with Crippen molar-refractivity contribution in [2.45, 2.75) is 57.4 Å². The number of amides is 1. The van der Waals surface area contributed by atoms with E-state index >= 15 is 0 Å². The number of rotatable bonds is 6. The molecule has 2 aliphatic rings. The lowest BCUT2D eigenvalue weighted by Crippen LogP contribution is -2.56. The predicted octanol–water partition coefficient (Wildman–Crippen LogP) is -0.472. The van der Waals surface area contributed by atoms with Crippen molar-refractivity contribution >= 4 is 29.2 Å². The third kappa shape index (κ3) is 5.02. The number of nitrogens with one attached hydrogen (secondary N) is 1. The van der Waals surface area contributed by atoms with E-state index in [1.54, 1.807) is 0 Å². The molecule has 2 saturated heterocycles. The number of carbonyl (C=O) groups excluding carboxylic acids is 2. The van der Waals surface area contributed by atoms with Crippen LogP contribution in [0.5, 0.6) is 0 Å². The van der Waals surface area contributed by atoms with Gasteiger partial charge in [-0.1, -0.05) is 0 Å². The van der Waals surface area contributed by atoms with Crippen LogP contribution in [0.1, 0.15) is 33.1 Å². The van der Waals surface area contributed by atoms with Crippen molar-refractivity contribution in [3.63, 3.8) is 0 Å². The van der Waals surface area contributed by atoms with Crippen LogP contribution >= 0.6 is 12.2 Å². The Kier molecular flexibility index (Phi) is 6.97. The minimum atomic E-state index is -0.997. The van der Waals surface area contributed by atoms with Gasteiger partial charge in [0.05, 0.1) is 18.8 Å². The van der Waals surface area contributed by atoms with E-state index in [-0.39, 0.29) is 17.1 Å². The fourth-order valence-corrected chi connectivity index (χ4v) is 3.40. The summed E-state index contributed by atoms with van der Waals surface area (Å²) < 4.78 is 10.9. The first-order chi connectivity index (χ1) is 11.8. The van der Waals surface area contributed by atoms with E-state index in [2.05, 4.69) is 5.32 Å². The van der Waals surface area contributed by atoms with Crippen LogP contribution in [0.3, 0.4) is 0 Å². The lowest BCUT2D eigenvalue weighted by molar-refractivity contribution is -0.156. The number of likely N-dealkylation sites (tertiary alicyclic amines) is 1. The summed E-state index contributed by atoms with van der Waals surface area (Å²) in [6.07, 6.45) is 1.19. The molecule has 9 heteroatoms. The van der Waals surface area contributed by atoms with Gasteiger partial charge in [-0.2, -0.15) is 0 Å². The van der Waals surface area contributed by atoms with Crippen molar-refractivity contribution in [2.75, 3.05) is 19.8 Å². The largest absolute Gasteiger partial charge is 0.464 e. The number of hydrogen-bond acceptors (Lipinski definition) is 6. The van der Waals surface area contributed by atoms with Gasteiger partial charge in [-0.05, 0) is 45.3 Å². The quantitative estimate of drug-likeness (QED) is 0.423. The van der Waals surface area contributed by atoms with Crippen molar-refractivity contribution in [1.82, 2.24) is 10.2 Å². The molecule has 0 radical (unpaired) electrons. The molecule has 0 saturated carbocycles. The number of aliphatic hydroxyl groups is 1. The van der Waals surface area contributed by atoms with Gasteiger partial charge in [0.1, 0.15) is 12.1 Å². The first-order valence-electron chi connectivity index (χ1n) is 8.64. The molecule has 2 fully saturated rings. The smallest absolute Gasteiger partial charge is 0.328 e. The van der Waals surface area contributed by atoms with E-state index in [1.807, 2.05) is 6.92 Å². The van der Waals surface area contributed by atoms with Crippen LogP contribution in [0.15, 0.2) is 0 Å². The molecule has 2 heterocycles. The van der Waals surface area contributed by atoms with Gasteiger partial charge < -0.3 is 30.5 Å². The molecule has 1 amide bonds. The summed E-state index contributed by atoms with van der Waals surface area (Å²) in [5.74, 6) is -0.625. The van der Waals surface area contributed by atoms with Crippen LogP contribution in [-0.2, 0) is 19.1 Å². The maximum atomic E-state index is 12.7. The Hall–Kier alpha value is -1.45. The summed E-state index contributed by atoms with van der Waals surface area (Å²) in [4.78, 5) is 26.6. The highest BCUT2D eigenvalue weighted by atomic mass is 32.1. The molecule has 0 aromatic heterocycles. The number of aliphatic hydroxyl groups excluding tert-OH is 1. The highest BCUT2D eigenvalue weighted by Gasteiger charge is 2.40. The Morgan fingerprint density at radius 2 is 2.20 bits per heavy atom. The van der Waals surface area contributed by atoms with Crippen molar-refractivity contribution in [1.29, 1.82) is 0 Å². The van der Waals surface area contributed by atoms with E-state index in [4.69, 9.17) is 27.4 Å². The first kappa shape index (κ1) is 19.9. The summed E-state index contributed by atoms with van der Waals surface area (Å²) in [5.41, 5.74) is 5.43. The normalized spacial score (nSPS) is 28.4. The van der Waals surface area contributed by atoms with Gasteiger partial charge >= 0.3 is 5.97 Å². The number of hydrogen-bond donors (Lipinski definition) is 3. The van der Waals surface area contributed by atoms with Crippen LogP contribution in [0.2, 0.25) is 0 Å². The minimum Gasteiger partial charge on any atom is -0.464 e. The Labute approximate surface area is 153 Å². The molecule has 0 aromatic carbocycles. The molecule has 0 unspecified atom stereocenters. The highest BCUT2D eigenvalue weighted by Crippen LogP contribution is 2.23. The zero-order valence-electron chi connectivity index (χ0n) is 14.6. The van der Waals surface area contributed by atoms with Crippen LogP contribution < -0.4 is 11.1 Å². The maximum absolute atomic E-state index is 12.7. The van der Waals surface area contributed by atoms with E-state index in [0.29, 0.717) is 32.6 Å². The van der Waals surface area contributed by atoms with Gasteiger partial charge in [0.2, 0.25) is 5.91 Å². The molecule has 0 spiro atoms. The second-order valence-corrected chi connectivity index (χ2v) is 7.11. The van der Waals surface area contributed by atoms with Gasteiger partial charge in [0, 0.05) is 19.1 Å². The number of nitrogens with two attached hydrogens (primary N) is 1. The van der Waals surface area contributed by atoms with Crippen LogP contribution in [0, 0.1) is 5.92 Å². The number of ether oxygens (including phenoxy) is 2. The number of thiocarbonyl (C=S) groups is 1. The molecule has 0 aromatic rings. The van der Waals surface area contributed by atoms with Crippen LogP contribution in [0.25, 0.3) is 0 Å². The molecule has 142 valence electrons. The fraction of sp³-hybridized carbons (Fsp3) is 0.812. The average molecular weight is 373 g/mol.